The summed E-state index contributed by atoms with van der Waals surface area (Å²) >= 11 is 1.38. The van der Waals surface area contributed by atoms with E-state index in [1.165, 1.54) is 11.3 Å². The van der Waals surface area contributed by atoms with Crippen molar-refractivity contribution >= 4 is 22.2 Å². The Balaban J connectivity index is 1.60. The quantitative estimate of drug-likeness (QED) is 0.905. The van der Waals surface area contributed by atoms with E-state index in [1.54, 1.807) is 6.07 Å². The number of nitriles is 1. The molecule has 1 N–H and O–H groups in total. The lowest BCUT2D eigenvalue weighted by molar-refractivity contribution is -0.117. The first kappa shape index (κ1) is 16.7. The second-order valence-corrected chi connectivity index (χ2v) is 7.12. The third-order valence-electron chi connectivity index (χ3n) is 4.37. The lowest BCUT2D eigenvalue weighted by Gasteiger charge is -2.24. The van der Waals surface area contributed by atoms with Crippen molar-refractivity contribution in [2.75, 3.05) is 18.4 Å². The van der Waals surface area contributed by atoms with Crippen LogP contribution in [0.25, 0.3) is 0 Å². The van der Waals surface area contributed by atoms with Gasteiger partial charge in [0.25, 0.3) is 0 Å². The van der Waals surface area contributed by atoms with E-state index in [1.807, 2.05) is 17.0 Å². The Hall–Kier alpha value is -2.17. The number of aryl methyl sites for hydroxylation is 2. The van der Waals surface area contributed by atoms with Crippen LogP contribution in [0.2, 0.25) is 0 Å². The maximum Gasteiger partial charge on any atom is 0.239 e. The van der Waals surface area contributed by atoms with Gasteiger partial charge in [-0.1, -0.05) is 0 Å². The molecule has 7 heteroatoms. The van der Waals surface area contributed by atoms with E-state index < -0.39 is 0 Å². The van der Waals surface area contributed by atoms with Crippen LogP contribution in [0.15, 0.2) is 17.5 Å². The predicted molar refractivity (Wildman–Crippen MR) is 94.0 cm³/mol. The molecule has 1 fully saturated rings. The number of carbonyl (C=O) groups is 1. The van der Waals surface area contributed by atoms with Crippen molar-refractivity contribution in [1.82, 2.24) is 14.7 Å². The maximum atomic E-state index is 12.3. The van der Waals surface area contributed by atoms with Crippen LogP contribution in [-0.2, 0) is 11.3 Å². The Kier molecular flexibility index (Phi) is 4.97. The number of hydrogen-bond donors (Lipinski definition) is 1. The molecular formula is C17H21N5OS. The second kappa shape index (κ2) is 7.16. The van der Waals surface area contributed by atoms with Gasteiger partial charge in [0.1, 0.15) is 11.1 Å². The van der Waals surface area contributed by atoms with Gasteiger partial charge in [-0.3, -0.25) is 14.4 Å². The molecule has 1 atom stereocenters. The van der Waals surface area contributed by atoms with Gasteiger partial charge in [0, 0.05) is 11.7 Å². The molecule has 1 amide bonds. The summed E-state index contributed by atoms with van der Waals surface area (Å²) in [5.41, 5.74) is 2.70. The van der Waals surface area contributed by atoms with Crippen LogP contribution >= 0.6 is 11.3 Å². The molecule has 1 aliphatic heterocycles. The van der Waals surface area contributed by atoms with Gasteiger partial charge in [-0.05, 0) is 50.7 Å². The number of thiophene rings is 1. The minimum Gasteiger partial charge on any atom is -0.315 e. The number of nitrogens with zero attached hydrogens (tertiary/aromatic N) is 4. The number of carbonyl (C=O) groups excluding carboxylic acids is 1. The Morgan fingerprint density at radius 2 is 2.38 bits per heavy atom. The van der Waals surface area contributed by atoms with Crippen molar-refractivity contribution in [2.24, 2.45) is 0 Å². The van der Waals surface area contributed by atoms with Crippen molar-refractivity contribution in [3.63, 3.8) is 0 Å². The molecule has 0 bridgehead atoms. The van der Waals surface area contributed by atoms with E-state index in [4.69, 9.17) is 5.26 Å². The van der Waals surface area contributed by atoms with Crippen LogP contribution in [0.3, 0.4) is 0 Å². The Bertz CT molecular complexity index is 772. The topological polar surface area (TPSA) is 74.0 Å². The number of anilines is 1. The molecule has 126 valence electrons. The third kappa shape index (κ3) is 3.66. The molecule has 0 aliphatic carbocycles. The fourth-order valence-corrected chi connectivity index (χ4v) is 3.97. The first-order chi connectivity index (χ1) is 11.6. The Morgan fingerprint density at radius 3 is 3.08 bits per heavy atom. The fraction of sp³-hybridized carbons (Fsp3) is 0.471. The summed E-state index contributed by atoms with van der Waals surface area (Å²) in [6, 6.07) is 6.22. The van der Waals surface area contributed by atoms with Crippen molar-refractivity contribution in [3.05, 3.63) is 34.5 Å². The van der Waals surface area contributed by atoms with Crippen molar-refractivity contribution < 1.29 is 4.79 Å². The van der Waals surface area contributed by atoms with Crippen LogP contribution in [-0.4, -0.2) is 39.7 Å². The van der Waals surface area contributed by atoms with Crippen molar-refractivity contribution in [2.45, 2.75) is 39.3 Å². The highest BCUT2D eigenvalue weighted by molar-refractivity contribution is 7.14. The van der Waals surface area contributed by atoms with Crippen LogP contribution < -0.4 is 5.32 Å². The highest BCUT2D eigenvalue weighted by Gasteiger charge is 2.27. The van der Waals surface area contributed by atoms with Gasteiger partial charge in [0.2, 0.25) is 5.91 Å². The zero-order valence-corrected chi connectivity index (χ0v) is 14.8. The van der Waals surface area contributed by atoms with Gasteiger partial charge in [0.05, 0.1) is 24.3 Å². The van der Waals surface area contributed by atoms with Gasteiger partial charge >= 0.3 is 0 Å². The summed E-state index contributed by atoms with van der Waals surface area (Å²) in [7, 11) is 0. The average molecular weight is 343 g/mol. The summed E-state index contributed by atoms with van der Waals surface area (Å²) in [4.78, 5) is 14.5. The van der Waals surface area contributed by atoms with Crippen LogP contribution in [0.1, 0.15) is 29.8 Å². The van der Waals surface area contributed by atoms with Gasteiger partial charge in [-0.15, -0.1) is 11.3 Å². The first-order valence-electron chi connectivity index (χ1n) is 8.09. The van der Waals surface area contributed by atoms with Crippen molar-refractivity contribution in [1.29, 1.82) is 5.26 Å². The van der Waals surface area contributed by atoms with Crippen LogP contribution in [0, 0.1) is 25.2 Å². The van der Waals surface area contributed by atoms with E-state index in [0.717, 1.165) is 37.3 Å². The number of nitrogens with one attached hydrogen (secondary N) is 1. The molecule has 0 saturated carbocycles. The normalized spacial score (nSPS) is 17.8. The molecule has 0 spiro atoms. The zero-order chi connectivity index (χ0) is 17.1. The first-order valence-corrected chi connectivity index (χ1v) is 8.97. The fourth-order valence-electron chi connectivity index (χ4n) is 3.21. The summed E-state index contributed by atoms with van der Waals surface area (Å²) in [6.07, 6.45) is 2.17. The number of hydrogen-bond acceptors (Lipinski definition) is 5. The van der Waals surface area contributed by atoms with E-state index in [0.29, 0.717) is 23.2 Å². The summed E-state index contributed by atoms with van der Waals surface area (Å²) in [6.45, 7) is 6.15. The largest absolute Gasteiger partial charge is 0.315 e. The van der Waals surface area contributed by atoms with Gasteiger partial charge < -0.3 is 5.32 Å². The standard InChI is InChI=1S/C17H21N5OS/c1-12-8-13(2)22(20-12)10-15-4-3-6-21(15)11-16(23)19-17-14(9-18)5-7-24-17/h5,7-8,15H,3-4,6,10-11H2,1-2H3,(H,19,23)/t15-/m0/s1. The number of amides is 1. The number of aromatic nitrogens is 2. The number of likely N-dealkylation sites (tertiary alicyclic amines) is 1. The zero-order valence-electron chi connectivity index (χ0n) is 14.0. The summed E-state index contributed by atoms with van der Waals surface area (Å²) in [5, 5.41) is 18.9. The lowest BCUT2D eigenvalue weighted by Crippen LogP contribution is -2.39. The number of rotatable bonds is 5. The molecule has 2 aromatic rings. The molecule has 6 nitrogen and oxygen atoms in total. The summed E-state index contributed by atoms with van der Waals surface area (Å²) in [5.74, 6) is -0.0609. The molecule has 3 heterocycles. The van der Waals surface area contributed by atoms with E-state index in [2.05, 4.69) is 34.4 Å². The Labute approximate surface area is 145 Å². The molecule has 2 aromatic heterocycles. The van der Waals surface area contributed by atoms with Crippen molar-refractivity contribution in [3.8, 4) is 6.07 Å². The highest BCUT2D eigenvalue weighted by atomic mass is 32.1. The Morgan fingerprint density at radius 1 is 1.54 bits per heavy atom. The van der Waals surface area contributed by atoms with Gasteiger partial charge in [-0.2, -0.15) is 10.4 Å². The molecule has 1 saturated heterocycles. The average Bonchev–Trinajstić information content (AvgIpc) is 3.22. The molecule has 24 heavy (non-hydrogen) atoms. The highest BCUT2D eigenvalue weighted by Crippen LogP contribution is 2.23. The second-order valence-electron chi connectivity index (χ2n) is 6.20. The van der Waals surface area contributed by atoms with E-state index >= 15 is 0 Å². The molecule has 0 unspecified atom stereocenters. The monoisotopic (exact) mass is 343 g/mol. The van der Waals surface area contributed by atoms with Crippen LogP contribution in [0.5, 0.6) is 0 Å². The lowest BCUT2D eigenvalue weighted by atomic mass is 10.2. The van der Waals surface area contributed by atoms with E-state index in [-0.39, 0.29) is 5.91 Å². The maximum absolute atomic E-state index is 12.3. The molecule has 0 aromatic carbocycles. The molecule has 1 aliphatic rings. The molecule has 0 radical (unpaired) electrons. The molecular weight excluding hydrogens is 322 g/mol. The molecule has 3 rings (SSSR count). The minimum atomic E-state index is -0.0609. The predicted octanol–water partition coefficient (Wildman–Crippen LogP) is 2.54. The minimum absolute atomic E-state index is 0.0609. The SMILES string of the molecule is Cc1cc(C)n(C[C@@H]2CCCN2CC(=O)Nc2sccc2C#N)n1. The van der Waals surface area contributed by atoms with Gasteiger partial charge in [0.15, 0.2) is 0 Å². The van der Waals surface area contributed by atoms with E-state index in [9.17, 15) is 4.79 Å². The van der Waals surface area contributed by atoms with Crippen LogP contribution in [0.4, 0.5) is 5.00 Å². The third-order valence-corrected chi connectivity index (χ3v) is 5.20. The summed E-state index contributed by atoms with van der Waals surface area (Å²) < 4.78 is 2.03. The smallest absolute Gasteiger partial charge is 0.239 e. The van der Waals surface area contributed by atoms with Gasteiger partial charge in [-0.25, -0.2) is 0 Å².